The van der Waals surface area contributed by atoms with Crippen molar-refractivity contribution in [1.82, 2.24) is 0 Å². The van der Waals surface area contributed by atoms with Gasteiger partial charge in [-0.1, -0.05) is 24.3 Å². The minimum atomic E-state index is -0.863. The molecule has 1 saturated carbocycles. The summed E-state index contributed by atoms with van der Waals surface area (Å²) >= 11 is 0. The number of ether oxygens (including phenoxy) is 3. The Morgan fingerprint density at radius 1 is 0.788 bits per heavy atom. The summed E-state index contributed by atoms with van der Waals surface area (Å²) in [7, 11) is 3.17. The first-order chi connectivity index (χ1) is 16.0. The van der Waals surface area contributed by atoms with Gasteiger partial charge in [0.05, 0.1) is 13.2 Å². The van der Waals surface area contributed by atoms with E-state index in [1.807, 2.05) is 0 Å². The van der Waals surface area contributed by atoms with Gasteiger partial charge in [-0.3, -0.25) is 0 Å². The molecule has 6 heteroatoms. The molecular formula is C27H27F3O3. The fourth-order valence-electron chi connectivity index (χ4n) is 4.39. The lowest BCUT2D eigenvalue weighted by Gasteiger charge is -2.28. The first kappa shape index (κ1) is 23.2. The molecule has 0 amide bonds. The second-order valence-electron chi connectivity index (χ2n) is 8.31. The smallest absolute Gasteiger partial charge is 0.165 e. The lowest BCUT2D eigenvalue weighted by atomic mass is 9.82. The molecule has 0 N–H and O–H groups in total. The van der Waals surface area contributed by atoms with Crippen LogP contribution in [0.3, 0.4) is 0 Å². The third kappa shape index (κ3) is 5.17. The molecule has 1 fully saturated rings. The van der Waals surface area contributed by atoms with Crippen LogP contribution in [0.1, 0.15) is 42.7 Å². The van der Waals surface area contributed by atoms with Crippen molar-refractivity contribution in [3.8, 4) is 22.6 Å². The molecule has 0 aromatic heterocycles. The van der Waals surface area contributed by atoms with E-state index in [2.05, 4.69) is 0 Å². The van der Waals surface area contributed by atoms with E-state index >= 15 is 0 Å². The number of rotatable bonds is 7. The van der Waals surface area contributed by atoms with Gasteiger partial charge in [-0.15, -0.1) is 0 Å². The molecule has 0 radical (unpaired) electrons. The van der Waals surface area contributed by atoms with Gasteiger partial charge in [0.15, 0.2) is 11.6 Å². The number of halogens is 3. The lowest BCUT2D eigenvalue weighted by molar-refractivity contribution is 0.0655. The molecule has 4 rings (SSSR count). The Hall–Kier alpha value is -2.99. The molecule has 0 heterocycles. The largest absolute Gasteiger partial charge is 0.497 e. The van der Waals surface area contributed by atoms with Crippen molar-refractivity contribution < 1.29 is 27.4 Å². The van der Waals surface area contributed by atoms with Gasteiger partial charge in [-0.2, -0.15) is 0 Å². The number of methoxy groups -OCH3 is 2. The van der Waals surface area contributed by atoms with E-state index in [-0.39, 0.29) is 24.2 Å². The first-order valence-corrected chi connectivity index (χ1v) is 11.1. The van der Waals surface area contributed by atoms with Crippen LogP contribution in [-0.4, -0.2) is 20.3 Å². The first-order valence-electron chi connectivity index (χ1n) is 11.1. The highest BCUT2D eigenvalue weighted by molar-refractivity contribution is 5.65. The molecule has 0 aliphatic heterocycles. The van der Waals surface area contributed by atoms with Crippen molar-refractivity contribution in [3.63, 3.8) is 0 Å². The Kier molecular flexibility index (Phi) is 7.23. The Morgan fingerprint density at radius 3 is 2.12 bits per heavy atom. The predicted molar refractivity (Wildman–Crippen MR) is 121 cm³/mol. The monoisotopic (exact) mass is 456 g/mol. The van der Waals surface area contributed by atoms with Crippen molar-refractivity contribution in [1.29, 1.82) is 0 Å². The van der Waals surface area contributed by atoms with E-state index in [1.54, 1.807) is 55.6 Å². The van der Waals surface area contributed by atoms with Gasteiger partial charge in [0.25, 0.3) is 0 Å². The minimum absolute atomic E-state index is 0.00626. The molecule has 0 saturated heterocycles. The zero-order valence-corrected chi connectivity index (χ0v) is 18.7. The van der Waals surface area contributed by atoms with Crippen molar-refractivity contribution in [2.24, 2.45) is 0 Å². The minimum Gasteiger partial charge on any atom is -0.497 e. The van der Waals surface area contributed by atoms with Crippen LogP contribution in [0.4, 0.5) is 13.2 Å². The van der Waals surface area contributed by atoms with Crippen LogP contribution >= 0.6 is 0 Å². The Balaban J connectivity index is 1.41. The summed E-state index contributed by atoms with van der Waals surface area (Å²) < 4.78 is 59.8. The van der Waals surface area contributed by atoms with Crippen LogP contribution < -0.4 is 9.47 Å². The Labute approximate surface area is 192 Å². The molecule has 3 aromatic carbocycles. The van der Waals surface area contributed by atoms with E-state index in [0.717, 1.165) is 25.7 Å². The standard InChI is InChI=1S/C27H27F3O3/c1-31-20-8-3-18(4-9-20)24-13-7-19(26(29)27(24)30)16-33-21-10-5-17(6-11-21)23-14-12-22(32-2)15-25(23)28/h5-7,10-15,18,20H,3-4,8-9,16H2,1-2H3. The van der Waals surface area contributed by atoms with Crippen LogP contribution in [-0.2, 0) is 11.3 Å². The van der Waals surface area contributed by atoms with Crippen molar-refractivity contribution >= 4 is 0 Å². The van der Waals surface area contributed by atoms with Crippen LogP contribution in [0.15, 0.2) is 54.6 Å². The topological polar surface area (TPSA) is 27.7 Å². The maximum absolute atomic E-state index is 14.8. The summed E-state index contributed by atoms with van der Waals surface area (Å²) in [5.41, 5.74) is 1.70. The van der Waals surface area contributed by atoms with E-state index in [1.165, 1.54) is 13.2 Å². The second-order valence-corrected chi connectivity index (χ2v) is 8.31. The quantitative estimate of drug-likeness (QED) is 0.382. The normalized spacial score (nSPS) is 18.2. The van der Waals surface area contributed by atoms with Crippen LogP contribution in [0, 0.1) is 17.5 Å². The average molecular weight is 457 g/mol. The third-order valence-corrected chi connectivity index (χ3v) is 6.38. The summed E-state index contributed by atoms with van der Waals surface area (Å²) in [6.45, 7) is -0.101. The van der Waals surface area contributed by atoms with E-state index < -0.39 is 17.5 Å². The Morgan fingerprint density at radius 2 is 1.48 bits per heavy atom. The zero-order valence-electron chi connectivity index (χ0n) is 18.7. The van der Waals surface area contributed by atoms with Crippen molar-refractivity contribution in [2.45, 2.75) is 44.3 Å². The average Bonchev–Trinajstić information content (AvgIpc) is 2.85. The maximum Gasteiger partial charge on any atom is 0.165 e. The van der Waals surface area contributed by atoms with Gasteiger partial charge < -0.3 is 14.2 Å². The molecule has 0 spiro atoms. The maximum atomic E-state index is 14.8. The SMILES string of the molecule is COc1ccc(-c2ccc(OCc3ccc(C4CCC(OC)CC4)c(F)c3F)cc2)c(F)c1. The highest BCUT2D eigenvalue weighted by Gasteiger charge is 2.26. The fourth-order valence-corrected chi connectivity index (χ4v) is 4.39. The van der Waals surface area contributed by atoms with Crippen molar-refractivity contribution in [2.75, 3.05) is 14.2 Å². The Bertz CT molecular complexity index is 1090. The highest BCUT2D eigenvalue weighted by atomic mass is 19.2. The van der Waals surface area contributed by atoms with E-state index in [4.69, 9.17) is 14.2 Å². The lowest BCUT2D eigenvalue weighted by Crippen LogP contribution is -2.20. The van der Waals surface area contributed by atoms with Gasteiger partial charge in [0.2, 0.25) is 0 Å². The summed E-state index contributed by atoms with van der Waals surface area (Å²) in [6.07, 6.45) is 3.47. The molecule has 3 nitrogen and oxygen atoms in total. The van der Waals surface area contributed by atoms with Gasteiger partial charge in [-0.25, -0.2) is 13.2 Å². The molecule has 1 aliphatic carbocycles. The molecule has 1 aliphatic rings. The van der Waals surface area contributed by atoms with Gasteiger partial charge >= 0.3 is 0 Å². The van der Waals surface area contributed by atoms with Crippen LogP contribution in [0.25, 0.3) is 11.1 Å². The van der Waals surface area contributed by atoms with Crippen molar-refractivity contribution in [3.05, 3.63) is 83.2 Å². The highest BCUT2D eigenvalue weighted by Crippen LogP contribution is 2.36. The molecule has 0 bridgehead atoms. The fraction of sp³-hybridized carbons (Fsp3) is 0.333. The van der Waals surface area contributed by atoms with Gasteiger partial charge in [-0.05, 0) is 67.0 Å². The summed E-state index contributed by atoms with van der Waals surface area (Å²) in [5, 5.41) is 0. The summed E-state index contributed by atoms with van der Waals surface area (Å²) in [6, 6.07) is 14.7. The predicted octanol–water partition coefficient (Wildman–Crippen LogP) is 7.03. The van der Waals surface area contributed by atoms with Crippen LogP contribution in [0.2, 0.25) is 0 Å². The van der Waals surface area contributed by atoms with Crippen LogP contribution in [0.5, 0.6) is 11.5 Å². The molecular weight excluding hydrogens is 429 g/mol. The number of hydrogen-bond donors (Lipinski definition) is 0. The van der Waals surface area contributed by atoms with E-state index in [0.29, 0.717) is 28.2 Å². The second kappa shape index (κ2) is 10.3. The number of benzene rings is 3. The molecule has 0 atom stereocenters. The summed E-state index contributed by atoms with van der Waals surface area (Å²) in [4.78, 5) is 0. The molecule has 174 valence electrons. The molecule has 0 unspecified atom stereocenters. The zero-order chi connectivity index (χ0) is 23.4. The summed E-state index contributed by atoms with van der Waals surface area (Å²) in [5.74, 6) is -1.11. The van der Waals surface area contributed by atoms with Gasteiger partial charge in [0.1, 0.15) is 23.9 Å². The molecule has 33 heavy (non-hydrogen) atoms. The molecule has 3 aromatic rings. The van der Waals surface area contributed by atoms with E-state index in [9.17, 15) is 13.2 Å². The third-order valence-electron chi connectivity index (χ3n) is 6.38. The number of hydrogen-bond acceptors (Lipinski definition) is 3. The van der Waals surface area contributed by atoms with Gasteiger partial charge in [0, 0.05) is 24.3 Å².